The molecule has 0 spiro atoms. The molecular weight excluding hydrogens is 186 g/mol. The summed E-state index contributed by atoms with van der Waals surface area (Å²) in [7, 11) is 0. The number of rotatable bonds is 5. The highest BCUT2D eigenvalue weighted by atomic mass is 14.9. The molecule has 0 amide bonds. The minimum atomic E-state index is 0.501. The monoisotopic (exact) mass is 207 g/mol. The molecule has 0 aliphatic rings. The molecule has 0 aliphatic carbocycles. The van der Waals surface area contributed by atoms with Crippen molar-refractivity contribution < 1.29 is 0 Å². The van der Waals surface area contributed by atoms with E-state index in [-0.39, 0.29) is 0 Å². The molecule has 0 saturated heterocycles. The van der Waals surface area contributed by atoms with Crippen LogP contribution in [0.5, 0.6) is 0 Å². The first kappa shape index (κ1) is 12.0. The molecule has 3 nitrogen and oxygen atoms in total. The van der Waals surface area contributed by atoms with Gasteiger partial charge in [0.1, 0.15) is 0 Å². The number of nitrogens with zero attached hydrogens (tertiary/aromatic N) is 1. The molecule has 0 atom stereocenters. The predicted molar refractivity (Wildman–Crippen MR) is 65.1 cm³/mol. The molecule has 0 saturated carbocycles. The Kier molecular flexibility index (Phi) is 4.56. The van der Waals surface area contributed by atoms with Gasteiger partial charge in [0.25, 0.3) is 0 Å². The molecule has 15 heavy (non-hydrogen) atoms. The molecule has 0 aromatic carbocycles. The normalized spacial score (nSPS) is 10.7. The lowest BCUT2D eigenvalue weighted by Gasteiger charge is -2.13. The van der Waals surface area contributed by atoms with Gasteiger partial charge in [0.2, 0.25) is 0 Å². The smallest absolute Gasteiger partial charge is 0.0419 e. The van der Waals surface area contributed by atoms with Gasteiger partial charge in [-0.15, -0.1) is 0 Å². The van der Waals surface area contributed by atoms with Crippen molar-refractivity contribution in [2.75, 3.05) is 11.9 Å². The van der Waals surface area contributed by atoms with E-state index in [1.807, 2.05) is 13.1 Å². The average Bonchev–Trinajstić information content (AvgIpc) is 2.17. The molecule has 2 N–H and O–H groups in total. The van der Waals surface area contributed by atoms with Gasteiger partial charge < -0.3 is 10.6 Å². The topological polar surface area (TPSA) is 37.0 Å². The number of anilines is 1. The first-order valence-electron chi connectivity index (χ1n) is 5.56. The van der Waals surface area contributed by atoms with E-state index in [4.69, 9.17) is 0 Å². The zero-order valence-electron chi connectivity index (χ0n) is 10.1. The van der Waals surface area contributed by atoms with Gasteiger partial charge in [-0.3, -0.25) is 4.98 Å². The maximum absolute atomic E-state index is 4.32. The van der Waals surface area contributed by atoms with Gasteiger partial charge in [0.15, 0.2) is 0 Å². The Balaban J connectivity index is 2.76. The fraction of sp³-hybridized carbons (Fsp3) is 0.583. The molecule has 0 aliphatic heterocycles. The number of aryl methyl sites for hydroxylation is 1. The number of pyridine rings is 1. The van der Waals surface area contributed by atoms with Crippen molar-refractivity contribution >= 4 is 5.69 Å². The van der Waals surface area contributed by atoms with Crippen LogP contribution in [0.15, 0.2) is 12.3 Å². The number of nitrogens with one attached hydrogen (secondary N) is 2. The Morgan fingerprint density at radius 3 is 2.73 bits per heavy atom. The molecule has 0 bridgehead atoms. The second kappa shape index (κ2) is 5.71. The zero-order valence-corrected chi connectivity index (χ0v) is 10.1. The van der Waals surface area contributed by atoms with Crippen LogP contribution in [0, 0.1) is 6.92 Å². The van der Waals surface area contributed by atoms with Gasteiger partial charge in [-0.25, -0.2) is 0 Å². The molecule has 84 valence electrons. The standard InChI is InChI=1S/C12H21N3/c1-5-13-12-6-10(4)15-8-11(12)7-14-9(2)3/h6,8-9,14H,5,7H2,1-4H3,(H,13,15). The lowest BCUT2D eigenvalue weighted by atomic mass is 10.2. The SMILES string of the molecule is CCNc1cc(C)ncc1CNC(C)C. The highest BCUT2D eigenvalue weighted by molar-refractivity contribution is 5.50. The number of aromatic nitrogens is 1. The van der Waals surface area contributed by atoms with Gasteiger partial charge in [-0.2, -0.15) is 0 Å². The molecule has 0 fully saturated rings. The zero-order chi connectivity index (χ0) is 11.3. The van der Waals surface area contributed by atoms with Crippen molar-refractivity contribution in [3.8, 4) is 0 Å². The molecular formula is C12H21N3. The van der Waals surface area contributed by atoms with Gasteiger partial charge in [0, 0.05) is 42.3 Å². The van der Waals surface area contributed by atoms with Crippen molar-refractivity contribution in [3.05, 3.63) is 23.5 Å². The summed E-state index contributed by atoms with van der Waals surface area (Å²) >= 11 is 0. The van der Waals surface area contributed by atoms with E-state index < -0.39 is 0 Å². The van der Waals surface area contributed by atoms with Crippen molar-refractivity contribution in [2.24, 2.45) is 0 Å². The summed E-state index contributed by atoms with van der Waals surface area (Å²) in [4.78, 5) is 4.32. The Morgan fingerprint density at radius 1 is 1.40 bits per heavy atom. The Bertz CT molecular complexity index is 308. The number of hydrogen-bond acceptors (Lipinski definition) is 3. The largest absolute Gasteiger partial charge is 0.385 e. The Hall–Kier alpha value is -1.09. The summed E-state index contributed by atoms with van der Waals surface area (Å²) in [5.41, 5.74) is 3.48. The second-order valence-electron chi connectivity index (χ2n) is 4.05. The van der Waals surface area contributed by atoms with Crippen LogP contribution in [0.4, 0.5) is 5.69 Å². The van der Waals surface area contributed by atoms with Crippen molar-refractivity contribution in [1.82, 2.24) is 10.3 Å². The van der Waals surface area contributed by atoms with Crippen LogP contribution in [0.3, 0.4) is 0 Å². The van der Waals surface area contributed by atoms with E-state index in [1.165, 1.54) is 11.3 Å². The molecule has 1 aromatic rings. The minimum Gasteiger partial charge on any atom is -0.385 e. The Morgan fingerprint density at radius 2 is 2.13 bits per heavy atom. The molecule has 3 heteroatoms. The second-order valence-corrected chi connectivity index (χ2v) is 4.05. The van der Waals surface area contributed by atoms with E-state index in [2.05, 4.69) is 42.5 Å². The van der Waals surface area contributed by atoms with E-state index >= 15 is 0 Å². The fourth-order valence-corrected chi connectivity index (χ4v) is 1.40. The van der Waals surface area contributed by atoms with Crippen LogP contribution < -0.4 is 10.6 Å². The molecule has 1 heterocycles. The van der Waals surface area contributed by atoms with Gasteiger partial charge in [0.05, 0.1) is 0 Å². The molecule has 1 aromatic heterocycles. The van der Waals surface area contributed by atoms with Gasteiger partial charge >= 0.3 is 0 Å². The third-order valence-corrected chi connectivity index (χ3v) is 2.19. The first-order valence-corrected chi connectivity index (χ1v) is 5.56. The minimum absolute atomic E-state index is 0.501. The van der Waals surface area contributed by atoms with Crippen LogP contribution in [-0.4, -0.2) is 17.6 Å². The predicted octanol–water partition coefficient (Wildman–Crippen LogP) is 2.32. The lowest BCUT2D eigenvalue weighted by Crippen LogP contribution is -2.22. The quantitative estimate of drug-likeness (QED) is 0.778. The van der Waals surface area contributed by atoms with Crippen molar-refractivity contribution in [1.29, 1.82) is 0 Å². The summed E-state index contributed by atoms with van der Waals surface area (Å²) in [6, 6.07) is 2.60. The lowest BCUT2D eigenvalue weighted by molar-refractivity contribution is 0.588. The molecule has 0 unspecified atom stereocenters. The third-order valence-electron chi connectivity index (χ3n) is 2.19. The molecule has 0 radical (unpaired) electrons. The van der Waals surface area contributed by atoms with E-state index in [9.17, 15) is 0 Å². The Labute approximate surface area is 92.3 Å². The van der Waals surface area contributed by atoms with Crippen LogP contribution in [0.2, 0.25) is 0 Å². The van der Waals surface area contributed by atoms with Crippen LogP contribution >= 0.6 is 0 Å². The highest BCUT2D eigenvalue weighted by Gasteiger charge is 2.03. The van der Waals surface area contributed by atoms with E-state index in [0.29, 0.717) is 6.04 Å². The van der Waals surface area contributed by atoms with E-state index in [0.717, 1.165) is 18.8 Å². The van der Waals surface area contributed by atoms with Crippen LogP contribution in [0.1, 0.15) is 32.0 Å². The first-order chi connectivity index (χ1) is 7.13. The van der Waals surface area contributed by atoms with Crippen molar-refractivity contribution in [3.63, 3.8) is 0 Å². The summed E-state index contributed by atoms with van der Waals surface area (Å²) in [6.07, 6.45) is 1.95. The van der Waals surface area contributed by atoms with Gasteiger partial charge in [-0.1, -0.05) is 13.8 Å². The average molecular weight is 207 g/mol. The van der Waals surface area contributed by atoms with Crippen molar-refractivity contribution in [2.45, 2.75) is 40.3 Å². The van der Waals surface area contributed by atoms with Crippen LogP contribution in [-0.2, 0) is 6.54 Å². The van der Waals surface area contributed by atoms with Gasteiger partial charge in [-0.05, 0) is 19.9 Å². The maximum Gasteiger partial charge on any atom is 0.0419 e. The van der Waals surface area contributed by atoms with E-state index in [1.54, 1.807) is 0 Å². The molecule has 1 rings (SSSR count). The summed E-state index contributed by atoms with van der Waals surface area (Å²) in [5.74, 6) is 0. The maximum atomic E-state index is 4.32. The fourth-order valence-electron chi connectivity index (χ4n) is 1.40. The highest BCUT2D eigenvalue weighted by Crippen LogP contribution is 2.15. The summed E-state index contributed by atoms with van der Waals surface area (Å²) in [6.45, 7) is 10.2. The third kappa shape index (κ3) is 3.88. The summed E-state index contributed by atoms with van der Waals surface area (Å²) in [5, 5.41) is 6.76. The summed E-state index contributed by atoms with van der Waals surface area (Å²) < 4.78 is 0. The van der Waals surface area contributed by atoms with Crippen LogP contribution in [0.25, 0.3) is 0 Å². The number of hydrogen-bond donors (Lipinski definition) is 2.